The minimum absolute atomic E-state index is 0.154. The fourth-order valence-corrected chi connectivity index (χ4v) is 1.73. The van der Waals surface area contributed by atoms with Crippen molar-refractivity contribution in [2.75, 3.05) is 7.11 Å². The molecule has 104 valence electrons. The summed E-state index contributed by atoms with van der Waals surface area (Å²) in [5, 5.41) is 9.09. The molecule has 0 saturated carbocycles. The summed E-state index contributed by atoms with van der Waals surface area (Å²) in [5.41, 5.74) is 0.816. The topological polar surface area (TPSA) is 68.7 Å². The number of aromatic nitrogens is 1. The smallest absolute Gasteiger partial charge is 0.335 e. The zero-order chi connectivity index (χ0) is 14.5. The zero-order valence-corrected chi connectivity index (χ0v) is 11.3. The number of benzene rings is 1. The van der Waals surface area contributed by atoms with Gasteiger partial charge in [-0.05, 0) is 24.6 Å². The number of rotatable bonds is 5. The minimum atomic E-state index is -1.01. The lowest BCUT2D eigenvalue weighted by atomic mass is 10.2. The molecule has 5 heteroatoms. The van der Waals surface area contributed by atoms with E-state index < -0.39 is 5.97 Å². The summed E-state index contributed by atoms with van der Waals surface area (Å²) in [6.07, 6.45) is 0.628. The van der Waals surface area contributed by atoms with Crippen LogP contribution in [0.5, 0.6) is 17.4 Å². The highest BCUT2D eigenvalue weighted by Gasteiger charge is 2.11. The zero-order valence-electron chi connectivity index (χ0n) is 11.3. The maximum Gasteiger partial charge on any atom is 0.335 e. The summed E-state index contributed by atoms with van der Waals surface area (Å²) >= 11 is 0. The molecule has 1 aromatic carbocycles. The van der Waals surface area contributed by atoms with Gasteiger partial charge in [0.05, 0.1) is 12.7 Å². The first-order valence-electron chi connectivity index (χ1n) is 6.19. The van der Waals surface area contributed by atoms with E-state index in [2.05, 4.69) is 4.98 Å². The van der Waals surface area contributed by atoms with Gasteiger partial charge in [-0.3, -0.25) is 0 Å². The first-order chi connectivity index (χ1) is 9.63. The van der Waals surface area contributed by atoms with Gasteiger partial charge in [0.15, 0.2) is 11.5 Å². The molecule has 0 aliphatic heterocycles. The molecule has 0 radical (unpaired) electrons. The molecule has 0 amide bonds. The summed E-state index contributed by atoms with van der Waals surface area (Å²) in [7, 11) is 1.54. The van der Waals surface area contributed by atoms with Gasteiger partial charge < -0.3 is 14.6 Å². The molecule has 2 aromatic rings. The van der Waals surface area contributed by atoms with Gasteiger partial charge in [0, 0.05) is 11.8 Å². The highest BCUT2D eigenvalue weighted by molar-refractivity contribution is 5.88. The second-order valence-electron chi connectivity index (χ2n) is 4.10. The molecule has 20 heavy (non-hydrogen) atoms. The first-order valence-corrected chi connectivity index (χ1v) is 6.19. The number of aryl methyl sites for hydroxylation is 1. The van der Waals surface area contributed by atoms with Gasteiger partial charge in [0.2, 0.25) is 5.88 Å². The largest absolute Gasteiger partial charge is 0.493 e. The molecule has 0 bridgehead atoms. The van der Waals surface area contributed by atoms with Gasteiger partial charge in [-0.2, -0.15) is 0 Å². The van der Waals surface area contributed by atoms with E-state index in [1.54, 1.807) is 25.3 Å². The predicted octanol–water partition coefficient (Wildman–Crippen LogP) is 3.14. The van der Waals surface area contributed by atoms with Crippen molar-refractivity contribution < 1.29 is 19.4 Å². The van der Waals surface area contributed by atoms with Crippen molar-refractivity contribution in [3.63, 3.8) is 0 Å². The molecule has 0 spiro atoms. The number of carbonyl (C=O) groups is 1. The van der Waals surface area contributed by atoms with Gasteiger partial charge >= 0.3 is 5.97 Å². The van der Waals surface area contributed by atoms with Crippen LogP contribution in [-0.4, -0.2) is 23.2 Å². The third-order valence-electron chi connectivity index (χ3n) is 2.75. The van der Waals surface area contributed by atoms with Crippen molar-refractivity contribution in [2.45, 2.75) is 13.3 Å². The Hall–Kier alpha value is -2.56. The van der Waals surface area contributed by atoms with E-state index in [0.29, 0.717) is 23.6 Å². The van der Waals surface area contributed by atoms with Crippen LogP contribution >= 0.6 is 0 Å². The lowest BCUT2D eigenvalue weighted by Crippen LogP contribution is -2.01. The summed E-state index contributed by atoms with van der Waals surface area (Å²) < 4.78 is 10.8. The maximum absolute atomic E-state index is 11.1. The van der Waals surface area contributed by atoms with Crippen molar-refractivity contribution in [1.29, 1.82) is 0 Å². The standard InChI is InChI=1S/C15H15NO4/c1-3-11-8-10(15(17)18)9-14(16-11)20-13-7-5-4-6-12(13)19-2/h4-9H,3H2,1-2H3,(H,17,18). The Morgan fingerprint density at radius 3 is 2.55 bits per heavy atom. The van der Waals surface area contributed by atoms with Crippen LogP contribution in [0.4, 0.5) is 0 Å². The average Bonchev–Trinajstić information content (AvgIpc) is 2.47. The summed E-state index contributed by atoms with van der Waals surface area (Å²) in [4.78, 5) is 15.4. The number of para-hydroxylation sites is 2. The number of ether oxygens (including phenoxy) is 2. The fourth-order valence-electron chi connectivity index (χ4n) is 1.73. The lowest BCUT2D eigenvalue weighted by molar-refractivity contribution is 0.0696. The van der Waals surface area contributed by atoms with Crippen LogP contribution in [0.15, 0.2) is 36.4 Å². The third-order valence-corrected chi connectivity index (χ3v) is 2.75. The number of hydrogen-bond donors (Lipinski definition) is 1. The Labute approximate surface area is 116 Å². The van der Waals surface area contributed by atoms with Gasteiger partial charge in [-0.1, -0.05) is 19.1 Å². The van der Waals surface area contributed by atoms with E-state index >= 15 is 0 Å². The van der Waals surface area contributed by atoms with Crippen molar-refractivity contribution in [3.05, 3.63) is 47.7 Å². The average molecular weight is 273 g/mol. The Kier molecular flexibility index (Phi) is 4.20. The molecule has 0 atom stereocenters. The third kappa shape index (κ3) is 3.06. The van der Waals surface area contributed by atoms with Crippen molar-refractivity contribution >= 4 is 5.97 Å². The lowest BCUT2D eigenvalue weighted by Gasteiger charge is -2.10. The summed E-state index contributed by atoms with van der Waals surface area (Å²) in [5.74, 6) is 0.290. The van der Waals surface area contributed by atoms with Crippen LogP contribution < -0.4 is 9.47 Å². The molecule has 0 fully saturated rings. The molecule has 2 rings (SSSR count). The number of nitrogens with zero attached hydrogens (tertiary/aromatic N) is 1. The molecule has 1 N–H and O–H groups in total. The van der Waals surface area contributed by atoms with E-state index in [1.165, 1.54) is 12.1 Å². The molecule has 1 heterocycles. The highest BCUT2D eigenvalue weighted by atomic mass is 16.5. The first kappa shape index (κ1) is 13.9. The van der Waals surface area contributed by atoms with Gasteiger partial charge in [-0.15, -0.1) is 0 Å². The van der Waals surface area contributed by atoms with Crippen molar-refractivity contribution in [2.24, 2.45) is 0 Å². The number of hydrogen-bond acceptors (Lipinski definition) is 4. The van der Waals surface area contributed by atoms with Crippen LogP contribution in [0, 0.1) is 0 Å². The summed E-state index contributed by atoms with van der Waals surface area (Å²) in [6.45, 7) is 1.90. The second-order valence-corrected chi connectivity index (χ2v) is 4.10. The summed E-state index contributed by atoms with van der Waals surface area (Å²) in [6, 6.07) is 10.1. The molecule has 0 aliphatic carbocycles. The molecule has 5 nitrogen and oxygen atoms in total. The second kappa shape index (κ2) is 6.06. The fraction of sp³-hybridized carbons (Fsp3) is 0.200. The van der Waals surface area contributed by atoms with E-state index in [-0.39, 0.29) is 11.4 Å². The number of carboxylic acids is 1. The Bertz CT molecular complexity index is 625. The quantitative estimate of drug-likeness (QED) is 0.906. The van der Waals surface area contributed by atoms with Crippen LogP contribution in [-0.2, 0) is 6.42 Å². The van der Waals surface area contributed by atoms with Crippen molar-refractivity contribution in [1.82, 2.24) is 4.98 Å². The van der Waals surface area contributed by atoms with Gasteiger partial charge in [0.1, 0.15) is 0 Å². The van der Waals surface area contributed by atoms with Crippen LogP contribution in [0.3, 0.4) is 0 Å². The highest BCUT2D eigenvalue weighted by Crippen LogP contribution is 2.30. The van der Waals surface area contributed by atoms with E-state index in [9.17, 15) is 4.79 Å². The normalized spacial score (nSPS) is 10.1. The van der Waals surface area contributed by atoms with Crippen LogP contribution in [0.1, 0.15) is 23.0 Å². The Morgan fingerprint density at radius 2 is 1.95 bits per heavy atom. The number of aromatic carboxylic acids is 1. The predicted molar refractivity (Wildman–Crippen MR) is 73.6 cm³/mol. The van der Waals surface area contributed by atoms with Crippen LogP contribution in [0.2, 0.25) is 0 Å². The SMILES string of the molecule is CCc1cc(C(=O)O)cc(Oc2ccccc2OC)n1. The Morgan fingerprint density at radius 1 is 1.25 bits per heavy atom. The molecular formula is C15H15NO4. The van der Waals surface area contributed by atoms with E-state index in [4.69, 9.17) is 14.6 Å². The van der Waals surface area contributed by atoms with Gasteiger partial charge in [0.25, 0.3) is 0 Å². The number of methoxy groups -OCH3 is 1. The van der Waals surface area contributed by atoms with E-state index in [0.717, 1.165) is 0 Å². The van der Waals surface area contributed by atoms with E-state index in [1.807, 2.05) is 13.0 Å². The van der Waals surface area contributed by atoms with Crippen molar-refractivity contribution in [3.8, 4) is 17.4 Å². The van der Waals surface area contributed by atoms with Gasteiger partial charge in [-0.25, -0.2) is 9.78 Å². The molecular weight excluding hydrogens is 258 g/mol. The maximum atomic E-state index is 11.1. The molecule has 1 aromatic heterocycles. The molecule has 0 saturated heterocycles. The number of pyridine rings is 1. The van der Waals surface area contributed by atoms with Crippen LogP contribution in [0.25, 0.3) is 0 Å². The number of carboxylic acid groups (broad SMARTS) is 1. The molecule has 0 unspecified atom stereocenters. The minimum Gasteiger partial charge on any atom is -0.493 e. The monoisotopic (exact) mass is 273 g/mol. The molecule has 0 aliphatic rings. The Balaban J connectivity index is 2.37.